The standard InChI is InChI=1S/C27H30ClN7O4/c1-38-25-8-17(33-11-19-13-34(18(15-36)16-37)14-20(12-33)39-19)5-6-23(25)31-27-29-10-22(28)26(32-27)21-9-30-35-7-3-2-4-24(21)35/h2-10,18-20,36-37H,11-16H2,1H3,(H,29,31,32). The Morgan fingerprint density at radius 1 is 1.10 bits per heavy atom. The number of anilines is 3. The second kappa shape index (κ2) is 10.9. The Hall–Kier alpha value is -3.48. The highest BCUT2D eigenvalue weighted by atomic mass is 35.5. The van der Waals surface area contributed by atoms with Crippen LogP contribution in [0.2, 0.25) is 5.02 Å². The van der Waals surface area contributed by atoms with E-state index in [1.54, 1.807) is 24.0 Å². The Morgan fingerprint density at radius 2 is 1.90 bits per heavy atom. The number of halogens is 1. The van der Waals surface area contributed by atoms with E-state index in [0.29, 0.717) is 48.6 Å². The van der Waals surface area contributed by atoms with Gasteiger partial charge in [-0.1, -0.05) is 17.7 Å². The number of nitrogens with one attached hydrogen (secondary N) is 1. The molecule has 3 N–H and O–H groups in total. The lowest BCUT2D eigenvalue weighted by molar-refractivity contribution is -0.113. The van der Waals surface area contributed by atoms with Crippen LogP contribution in [0, 0.1) is 0 Å². The smallest absolute Gasteiger partial charge is 0.227 e. The summed E-state index contributed by atoms with van der Waals surface area (Å²) in [6.45, 7) is 2.61. The Labute approximate surface area is 230 Å². The molecule has 1 aromatic carbocycles. The highest BCUT2D eigenvalue weighted by Gasteiger charge is 2.37. The number of methoxy groups -OCH3 is 1. The summed E-state index contributed by atoms with van der Waals surface area (Å²) < 4.78 is 13.7. The molecular weight excluding hydrogens is 522 g/mol. The number of ether oxygens (including phenoxy) is 2. The molecule has 2 aliphatic rings. The molecule has 204 valence electrons. The van der Waals surface area contributed by atoms with Crippen molar-refractivity contribution in [1.29, 1.82) is 0 Å². The van der Waals surface area contributed by atoms with Gasteiger partial charge in [-0.2, -0.15) is 5.10 Å². The maximum Gasteiger partial charge on any atom is 0.227 e. The van der Waals surface area contributed by atoms with E-state index in [2.05, 4.69) is 25.2 Å². The van der Waals surface area contributed by atoms with Crippen LogP contribution >= 0.6 is 11.6 Å². The van der Waals surface area contributed by atoms with E-state index in [-0.39, 0.29) is 31.5 Å². The van der Waals surface area contributed by atoms with E-state index >= 15 is 0 Å². The summed E-state index contributed by atoms with van der Waals surface area (Å²) >= 11 is 6.48. The minimum absolute atomic E-state index is 0.0114. The van der Waals surface area contributed by atoms with Gasteiger partial charge >= 0.3 is 0 Å². The van der Waals surface area contributed by atoms with E-state index in [0.717, 1.165) is 22.5 Å². The molecule has 2 bridgehead atoms. The third kappa shape index (κ3) is 5.11. The summed E-state index contributed by atoms with van der Waals surface area (Å²) in [5.41, 5.74) is 4.04. The van der Waals surface area contributed by atoms with Crippen molar-refractivity contribution in [3.8, 4) is 17.0 Å². The van der Waals surface area contributed by atoms with Crippen molar-refractivity contribution in [2.45, 2.75) is 18.2 Å². The molecule has 5 heterocycles. The van der Waals surface area contributed by atoms with Gasteiger partial charge in [0.05, 0.1) is 72.9 Å². The second-order valence-corrected chi connectivity index (χ2v) is 10.2. The highest BCUT2D eigenvalue weighted by molar-refractivity contribution is 6.33. The molecule has 6 rings (SSSR count). The molecule has 2 saturated heterocycles. The number of pyridine rings is 1. The van der Waals surface area contributed by atoms with Gasteiger partial charge in [0.1, 0.15) is 5.75 Å². The zero-order chi connectivity index (χ0) is 26.9. The van der Waals surface area contributed by atoms with Crippen LogP contribution < -0.4 is 15.0 Å². The van der Waals surface area contributed by atoms with Gasteiger partial charge in [-0.15, -0.1) is 0 Å². The third-order valence-corrected chi connectivity index (χ3v) is 7.55. The van der Waals surface area contributed by atoms with Crippen LogP contribution in [0.3, 0.4) is 0 Å². The number of rotatable bonds is 8. The number of fused-ring (bicyclic) bond motifs is 3. The molecule has 2 unspecified atom stereocenters. The molecule has 2 aliphatic heterocycles. The van der Waals surface area contributed by atoms with Crippen LogP contribution in [-0.2, 0) is 4.74 Å². The number of aliphatic hydroxyl groups excluding tert-OH is 2. The summed E-state index contributed by atoms with van der Waals surface area (Å²) in [6.07, 6.45) is 5.17. The average molecular weight is 552 g/mol. The van der Waals surface area contributed by atoms with E-state index < -0.39 is 0 Å². The molecule has 3 aromatic heterocycles. The number of morpholine rings is 2. The van der Waals surface area contributed by atoms with Crippen molar-refractivity contribution in [3.05, 3.63) is 60.0 Å². The number of nitrogens with zero attached hydrogens (tertiary/aromatic N) is 6. The Kier molecular flexibility index (Phi) is 7.24. The van der Waals surface area contributed by atoms with E-state index in [4.69, 9.17) is 26.1 Å². The van der Waals surface area contributed by atoms with Gasteiger partial charge in [0.25, 0.3) is 0 Å². The summed E-state index contributed by atoms with van der Waals surface area (Å²) in [4.78, 5) is 13.5. The molecule has 0 amide bonds. The predicted octanol–water partition coefficient (Wildman–Crippen LogP) is 2.44. The molecule has 0 saturated carbocycles. The van der Waals surface area contributed by atoms with Crippen LogP contribution in [0.25, 0.3) is 16.8 Å². The Morgan fingerprint density at radius 3 is 2.64 bits per heavy atom. The molecule has 12 heteroatoms. The van der Waals surface area contributed by atoms with Gasteiger partial charge in [0.2, 0.25) is 5.95 Å². The van der Waals surface area contributed by atoms with Crippen LogP contribution in [0.5, 0.6) is 5.75 Å². The van der Waals surface area contributed by atoms with Gasteiger partial charge in [0, 0.05) is 49.7 Å². The van der Waals surface area contributed by atoms with Crippen molar-refractivity contribution in [2.75, 3.05) is 56.7 Å². The van der Waals surface area contributed by atoms with Crippen molar-refractivity contribution >= 4 is 34.4 Å². The molecule has 2 fully saturated rings. The SMILES string of the molecule is COc1cc(N2CC3CN(C(CO)CO)CC(C2)O3)ccc1Nc1ncc(Cl)c(-c2cnn3ccccc23)n1. The molecule has 4 aromatic rings. The number of benzene rings is 1. The van der Waals surface area contributed by atoms with Crippen LogP contribution in [0.4, 0.5) is 17.3 Å². The number of aliphatic hydroxyl groups is 2. The van der Waals surface area contributed by atoms with Gasteiger partial charge < -0.3 is 29.9 Å². The van der Waals surface area contributed by atoms with E-state index in [1.807, 2.05) is 42.6 Å². The summed E-state index contributed by atoms with van der Waals surface area (Å²) in [5.74, 6) is 1.04. The zero-order valence-electron chi connectivity index (χ0n) is 21.4. The van der Waals surface area contributed by atoms with Crippen molar-refractivity contribution in [3.63, 3.8) is 0 Å². The molecule has 0 radical (unpaired) electrons. The topological polar surface area (TPSA) is 121 Å². The molecular formula is C27H30ClN7O4. The fourth-order valence-corrected chi connectivity index (χ4v) is 5.55. The third-order valence-electron chi connectivity index (χ3n) is 7.27. The average Bonchev–Trinajstić information content (AvgIpc) is 3.38. The first-order chi connectivity index (χ1) is 19.1. The number of hydrogen-bond donors (Lipinski definition) is 3. The first-order valence-electron chi connectivity index (χ1n) is 12.8. The quantitative estimate of drug-likeness (QED) is 0.301. The van der Waals surface area contributed by atoms with Crippen molar-refractivity contribution < 1.29 is 19.7 Å². The second-order valence-electron chi connectivity index (χ2n) is 9.75. The lowest BCUT2D eigenvalue weighted by Crippen LogP contribution is -2.62. The van der Waals surface area contributed by atoms with Crippen LogP contribution in [0.1, 0.15) is 0 Å². The lowest BCUT2D eigenvalue weighted by Gasteiger charge is -2.48. The molecule has 2 atom stereocenters. The largest absolute Gasteiger partial charge is 0.494 e. The first-order valence-corrected chi connectivity index (χ1v) is 13.2. The predicted molar refractivity (Wildman–Crippen MR) is 148 cm³/mol. The Balaban J connectivity index is 1.21. The first kappa shape index (κ1) is 25.8. The van der Waals surface area contributed by atoms with Crippen molar-refractivity contribution in [2.24, 2.45) is 0 Å². The summed E-state index contributed by atoms with van der Waals surface area (Å²) in [5, 5.41) is 27.3. The minimum Gasteiger partial charge on any atom is -0.494 e. The maximum absolute atomic E-state index is 9.59. The molecule has 0 aliphatic carbocycles. The highest BCUT2D eigenvalue weighted by Crippen LogP contribution is 2.35. The van der Waals surface area contributed by atoms with Gasteiger partial charge in [-0.05, 0) is 24.3 Å². The van der Waals surface area contributed by atoms with Crippen molar-refractivity contribution in [1.82, 2.24) is 24.5 Å². The summed E-state index contributed by atoms with van der Waals surface area (Å²) in [6, 6.07) is 11.6. The van der Waals surface area contributed by atoms with E-state index in [9.17, 15) is 10.2 Å². The monoisotopic (exact) mass is 551 g/mol. The fourth-order valence-electron chi connectivity index (χ4n) is 5.35. The van der Waals surface area contributed by atoms with E-state index in [1.165, 1.54) is 0 Å². The number of aromatic nitrogens is 4. The lowest BCUT2D eigenvalue weighted by atomic mass is 10.1. The van der Waals surface area contributed by atoms with Gasteiger partial charge in [-0.25, -0.2) is 14.5 Å². The molecule has 39 heavy (non-hydrogen) atoms. The van der Waals surface area contributed by atoms with Crippen LogP contribution in [-0.4, -0.2) is 99.4 Å². The Bertz CT molecular complexity index is 1450. The van der Waals surface area contributed by atoms with Crippen LogP contribution in [0.15, 0.2) is 55.0 Å². The van der Waals surface area contributed by atoms with Gasteiger partial charge in [0.15, 0.2) is 0 Å². The normalized spacial score (nSPS) is 19.6. The van der Waals surface area contributed by atoms with Gasteiger partial charge in [-0.3, -0.25) is 4.90 Å². The number of hydrogen-bond acceptors (Lipinski definition) is 10. The molecule has 11 nitrogen and oxygen atoms in total. The summed E-state index contributed by atoms with van der Waals surface area (Å²) in [7, 11) is 1.63. The molecule has 0 spiro atoms. The maximum atomic E-state index is 9.59. The minimum atomic E-state index is -0.251. The fraction of sp³-hybridized carbons (Fsp3) is 0.370. The zero-order valence-corrected chi connectivity index (χ0v) is 22.2.